The molecule has 0 saturated heterocycles. The van der Waals surface area contributed by atoms with Crippen molar-refractivity contribution in [2.45, 2.75) is 0 Å². The van der Waals surface area contributed by atoms with Crippen molar-refractivity contribution in [2.75, 3.05) is 6.61 Å². The van der Waals surface area contributed by atoms with E-state index in [4.69, 9.17) is 4.74 Å². The third-order valence-electron chi connectivity index (χ3n) is 1.28. The summed E-state index contributed by atoms with van der Waals surface area (Å²) in [6.07, 6.45) is 0. The minimum absolute atomic E-state index is 0.218. The summed E-state index contributed by atoms with van der Waals surface area (Å²) in [5.74, 6) is -0.160. The molecular formula is C9H7Br2FO. The largest absolute Gasteiger partial charge is 0.485 e. The number of benzene rings is 1. The lowest BCUT2D eigenvalue weighted by Crippen LogP contribution is -1.97. The summed E-state index contributed by atoms with van der Waals surface area (Å²) in [5, 5.41) is 0. The Balaban J connectivity index is 2.75. The van der Waals surface area contributed by atoms with Crippen LogP contribution in [0.2, 0.25) is 0 Å². The number of hydrogen-bond acceptors (Lipinski definition) is 1. The molecule has 0 saturated carbocycles. The summed E-state index contributed by atoms with van der Waals surface area (Å²) in [5.41, 5.74) is 0. The van der Waals surface area contributed by atoms with Crippen molar-refractivity contribution in [3.63, 3.8) is 0 Å². The summed E-state index contributed by atoms with van der Waals surface area (Å²) >= 11 is 6.34. The van der Waals surface area contributed by atoms with Crippen molar-refractivity contribution in [2.24, 2.45) is 0 Å². The Morgan fingerprint density at radius 1 is 1.54 bits per heavy atom. The third kappa shape index (κ3) is 3.48. The van der Waals surface area contributed by atoms with Crippen LogP contribution < -0.4 is 4.74 Å². The van der Waals surface area contributed by atoms with Gasteiger partial charge < -0.3 is 4.74 Å². The fourth-order valence-corrected chi connectivity index (χ4v) is 1.20. The maximum absolute atomic E-state index is 13.0. The fraction of sp³-hybridized carbons (Fsp3) is 0.111. The van der Waals surface area contributed by atoms with Gasteiger partial charge in [-0.1, -0.05) is 38.4 Å². The van der Waals surface area contributed by atoms with Crippen LogP contribution in [0, 0.1) is 5.82 Å². The van der Waals surface area contributed by atoms with Crippen molar-refractivity contribution < 1.29 is 9.13 Å². The van der Waals surface area contributed by atoms with Gasteiger partial charge in [-0.25, -0.2) is 4.39 Å². The maximum Gasteiger partial charge on any atom is 0.165 e. The van der Waals surface area contributed by atoms with Gasteiger partial charge >= 0.3 is 0 Å². The standard InChI is InChI=1S/C9H7Br2FO/c1-6(10)5-13-9-4-7(11)2-3-8(9)12/h2-4H,1,5H2. The highest BCUT2D eigenvalue weighted by atomic mass is 79.9. The predicted octanol–water partition coefficient (Wildman–Crippen LogP) is 3.88. The molecule has 0 atom stereocenters. The zero-order chi connectivity index (χ0) is 9.84. The van der Waals surface area contributed by atoms with E-state index in [1.165, 1.54) is 6.07 Å². The molecule has 0 spiro atoms. The fourth-order valence-electron chi connectivity index (χ4n) is 0.744. The van der Waals surface area contributed by atoms with Crippen LogP contribution in [0.3, 0.4) is 0 Å². The van der Waals surface area contributed by atoms with Crippen molar-refractivity contribution in [1.29, 1.82) is 0 Å². The number of hydrogen-bond donors (Lipinski definition) is 0. The normalized spacial score (nSPS) is 9.77. The summed E-state index contributed by atoms with van der Waals surface area (Å²) in [7, 11) is 0. The zero-order valence-corrected chi connectivity index (χ0v) is 9.86. The van der Waals surface area contributed by atoms with E-state index < -0.39 is 0 Å². The van der Waals surface area contributed by atoms with Crippen LogP contribution in [-0.4, -0.2) is 6.61 Å². The lowest BCUT2D eigenvalue weighted by atomic mass is 10.3. The average Bonchev–Trinajstić information content (AvgIpc) is 2.06. The summed E-state index contributed by atoms with van der Waals surface area (Å²) in [6, 6.07) is 4.53. The van der Waals surface area contributed by atoms with Gasteiger partial charge in [-0.3, -0.25) is 0 Å². The summed E-state index contributed by atoms with van der Waals surface area (Å²) < 4.78 is 19.6. The quantitative estimate of drug-likeness (QED) is 0.823. The first-order valence-electron chi connectivity index (χ1n) is 3.50. The van der Waals surface area contributed by atoms with Crippen molar-refractivity contribution >= 4 is 31.9 Å². The molecule has 0 radical (unpaired) electrons. The van der Waals surface area contributed by atoms with E-state index in [1.54, 1.807) is 12.1 Å². The van der Waals surface area contributed by atoms with Gasteiger partial charge in [0.1, 0.15) is 6.61 Å². The second-order valence-corrected chi connectivity index (χ2v) is 4.42. The van der Waals surface area contributed by atoms with E-state index in [0.29, 0.717) is 4.48 Å². The molecule has 4 heteroatoms. The lowest BCUT2D eigenvalue weighted by molar-refractivity contribution is 0.339. The van der Waals surface area contributed by atoms with Crippen LogP contribution in [0.25, 0.3) is 0 Å². The molecule has 0 bridgehead atoms. The van der Waals surface area contributed by atoms with Crippen LogP contribution in [0.4, 0.5) is 4.39 Å². The smallest absolute Gasteiger partial charge is 0.165 e. The molecule has 0 aromatic heterocycles. The number of halogens is 3. The van der Waals surface area contributed by atoms with E-state index in [9.17, 15) is 4.39 Å². The molecule has 0 unspecified atom stereocenters. The van der Waals surface area contributed by atoms with Crippen molar-refractivity contribution in [3.8, 4) is 5.75 Å². The van der Waals surface area contributed by atoms with Gasteiger partial charge in [0.2, 0.25) is 0 Å². The van der Waals surface area contributed by atoms with Crippen molar-refractivity contribution in [1.82, 2.24) is 0 Å². The second kappa shape index (κ2) is 4.77. The molecule has 1 rings (SSSR count). The van der Waals surface area contributed by atoms with E-state index in [-0.39, 0.29) is 18.2 Å². The van der Waals surface area contributed by atoms with Gasteiger partial charge in [0.25, 0.3) is 0 Å². The first-order valence-corrected chi connectivity index (χ1v) is 5.09. The van der Waals surface area contributed by atoms with Gasteiger partial charge in [-0.05, 0) is 18.2 Å². The topological polar surface area (TPSA) is 9.23 Å². The van der Waals surface area contributed by atoms with E-state index >= 15 is 0 Å². The Morgan fingerprint density at radius 3 is 2.85 bits per heavy atom. The molecule has 0 aliphatic rings. The Labute approximate surface area is 92.9 Å². The molecule has 1 nitrogen and oxygen atoms in total. The second-order valence-electron chi connectivity index (χ2n) is 2.38. The van der Waals surface area contributed by atoms with E-state index in [0.717, 1.165) is 4.47 Å². The SMILES string of the molecule is C=C(Br)COc1cc(Br)ccc1F. The molecule has 0 heterocycles. The molecule has 0 amide bonds. The molecule has 0 fully saturated rings. The van der Waals surface area contributed by atoms with Gasteiger partial charge in [0.05, 0.1) is 0 Å². The Morgan fingerprint density at radius 2 is 2.23 bits per heavy atom. The van der Waals surface area contributed by atoms with Gasteiger partial charge in [-0.15, -0.1) is 0 Å². The van der Waals surface area contributed by atoms with Gasteiger partial charge in [-0.2, -0.15) is 0 Å². The summed E-state index contributed by atoms with van der Waals surface area (Å²) in [6.45, 7) is 3.84. The summed E-state index contributed by atoms with van der Waals surface area (Å²) in [4.78, 5) is 0. The van der Waals surface area contributed by atoms with Crippen LogP contribution in [-0.2, 0) is 0 Å². The highest BCUT2D eigenvalue weighted by Gasteiger charge is 2.03. The molecule has 13 heavy (non-hydrogen) atoms. The van der Waals surface area contributed by atoms with Crippen LogP contribution >= 0.6 is 31.9 Å². The molecule has 1 aromatic rings. The monoisotopic (exact) mass is 308 g/mol. The van der Waals surface area contributed by atoms with Crippen LogP contribution in [0.1, 0.15) is 0 Å². The Hall–Kier alpha value is -0.350. The van der Waals surface area contributed by atoms with E-state index in [2.05, 4.69) is 38.4 Å². The van der Waals surface area contributed by atoms with Crippen LogP contribution in [0.5, 0.6) is 5.75 Å². The van der Waals surface area contributed by atoms with Gasteiger partial charge in [0.15, 0.2) is 11.6 Å². The Bertz CT molecular complexity index is 325. The molecule has 0 aliphatic carbocycles. The molecule has 70 valence electrons. The highest BCUT2D eigenvalue weighted by Crippen LogP contribution is 2.22. The highest BCUT2D eigenvalue weighted by molar-refractivity contribution is 9.11. The first kappa shape index (κ1) is 10.7. The molecule has 0 N–H and O–H groups in total. The minimum atomic E-state index is -0.378. The zero-order valence-electron chi connectivity index (χ0n) is 6.69. The average molecular weight is 310 g/mol. The van der Waals surface area contributed by atoms with Crippen molar-refractivity contribution in [3.05, 3.63) is 39.6 Å². The Kier molecular flexibility index (Phi) is 3.93. The maximum atomic E-state index is 13.0. The predicted molar refractivity (Wildman–Crippen MR) is 57.7 cm³/mol. The van der Waals surface area contributed by atoms with Crippen LogP contribution in [0.15, 0.2) is 33.7 Å². The first-order chi connectivity index (χ1) is 6.09. The minimum Gasteiger partial charge on any atom is -0.485 e. The van der Waals surface area contributed by atoms with E-state index in [1.807, 2.05) is 0 Å². The molecule has 1 aromatic carbocycles. The number of rotatable bonds is 3. The number of ether oxygens (including phenoxy) is 1. The third-order valence-corrected chi connectivity index (χ3v) is 2.00. The molecule has 0 aliphatic heterocycles. The van der Waals surface area contributed by atoms with Gasteiger partial charge in [0, 0.05) is 8.96 Å². The lowest BCUT2D eigenvalue weighted by Gasteiger charge is -2.05. The molecular weight excluding hydrogens is 303 g/mol.